The van der Waals surface area contributed by atoms with Crippen LogP contribution >= 0.6 is 11.6 Å². The number of halogens is 1. The average Bonchev–Trinajstić information content (AvgIpc) is 2.38. The van der Waals surface area contributed by atoms with Crippen LogP contribution in [-0.4, -0.2) is 47.8 Å². The second-order valence-corrected chi connectivity index (χ2v) is 5.11. The van der Waals surface area contributed by atoms with Crippen molar-refractivity contribution < 1.29 is 14.6 Å². The van der Waals surface area contributed by atoms with Crippen LogP contribution in [0.1, 0.15) is 17.3 Å². The molecular weight excluding hydrogens is 268 g/mol. The standard InChI is InChI=1S/C13H17ClN2O3/c1-8-7-19-10(6-17)5-16(8)13(18)11-3-2-9(14)4-12(11)15/h2-4,8,10,17H,5-7,15H2,1H3. The zero-order valence-corrected chi connectivity index (χ0v) is 11.4. The normalized spacial score (nSPS) is 23.4. The SMILES string of the molecule is CC1COC(CO)CN1C(=O)c1ccc(Cl)cc1N. The van der Waals surface area contributed by atoms with E-state index in [2.05, 4.69) is 0 Å². The Morgan fingerprint density at radius 3 is 3.00 bits per heavy atom. The summed E-state index contributed by atoms with van der Waals surface area (Å²) in [5, 5.41) is 9.63. The fourth-order valence-electron chi connectivity index (χ4n) is 2.09. The number of nitrogens with zero attached hydrogens (tertiary/aromatic N) is 1. The third-order valence-corrected chi connectivity index (χ3v) is 3.45. The lowest BCUT2D eigenvalue weighted by Gasteiger charge is -2.37. The van der Waals surface area contributed by atoms with Crippen molar-refractivity contribution in [2.24, 2.45) is 0 Å². The van der Waals surface area contributed by atoms with Gasteiger partial charge >= 0.3 is 0 Å². The molecule has 2 atom stereocenters. The molecule has 1 amide bonds. The number of hydrogen-bond acceptors (Lipinski definition) is 4. The van der Waals surface area contributed by atoms with Crippen molar-refractivity contribution in [3.63, 3.8) is 0 Å². The Bertz CT molecular complexity index is 481. The van der Waals surface area contributed by atoms with Gasteiger partial charge in [-0.2, -0.15) is 0 Å². The number of carbonyl (C=O) groups excluding carboxylic acids is 1. The number of benzene rings is 1. The number of aliphatic hydroxyl groups is 1. The van der Waals surface area contributed by atoms with Crippen molar-refractivity contribution in [1.29, 1.82) is 0 Å². The van der Waals surface area contributed by atoms with Crippen LogP contribution in [0.3, 0.4) is 0 Å². The van der Waals surface area contributed by atoms with E-state index in [1.807, 2.05) is 6.92 Å². The Kier molecular flexibility index (Phi) is 4.29. The minimum Gasteiger partial charge on any atom is -0.398 e. The van der Waals surface area contributed by atoms with Gasteiger partial charge in [-0.25, -0.2) is 0 Å². The molecule has 0 radical (unpaired) electrons. The lowest BCUT2D eigenvalue weighted by atomic mass is 10.1. The molecule has 1 aromatic rings. The van der Waals surface area contributed by atoms with Gasteiger partial charge in [0.05, 0.1) is 30.9 Å². The molecule has 104 valence electrons. The van der Waals surface area contributed by atoms with Crippen LogP contribution in [-0.2, 0) is 4.74 Å². The summed E-state index contributed by atoms with van der Waals surface area (Å²) in [4.78, 5) is 14.1. The van der Waals surface area contributed by atoms with Crippen molar-refractivity contribution in [1.82, 2.24) is 4.90 Å². The van der Waals surface area contributed by atoms with Crippen molar-refractivity contribution in [3.8, 4) is 0 Å². The number of amides is 1. The van der Waals surface area contributed by atoms with Crippen LogP contribution in [0.5, 0.6) is 0 Å². The lowest BCUT2D eigenvalue weighted by Crippen LogP contribution is -2.52. The van der Waals surface area contributed by atoms with Crippen LogP contribution in [0.4, 0.5) is 5.69 Å². The van der Waals surface area contributed by atoms with Gasteiger partial charge in [-0.3, -0.25) is 4.79 Å². The molecule has 1 aliphatic heterocycles. The summed E-state index contributed by atoms with van der Waals surface area (Å²) < 4.78 is 5.41. The van der Waals surface area contributed by atoms with Gasteiger partial charge in [0.1, 0.15) is 0 Å². The Morgan fingerprint density at radius 2 is 2.37 bits per heavy atom. The van der Waals surface area contributed by atoms with Crippen molar-refractivity contribution >= 4 is 23.2 Å². The molecule has 1 heterocycles. The first-order valence-corrected chi connectivity index (χ1v) is 6.49. The Hall–Kier alpha value is -1.30. The maximum atomic E-state index is 12.5. The van der Waals surface area contributed by atoms with E-state index in [1.165, 1.54) is 0 Å². The summed E-state index contributed by atoms with van der Waals surface area (Å²) in [7, 11) is 0. The summed E-state index contributed by atoms with van der Waals surface area (Å²) in [5.74, 6) is -0.164. The summed E-state index contributed by atoms with van der Waals surface area (Å²) in [6.45, 7) is 2.56. The van der Waals surface area contributed by atoms with Gasteiger partial charge in [-0.15, -0.1) is 0 Å². The van der Waals surface area contributed by atoms with E-state index in [9.17, 15) is 4.79 Å². The molecular formula is C13H17ClN2O3. The fraction of sp³-hybridized carbons (Fsp3) is 0.462. The quantitative estimate of drug-likeness (QED) is 0.799. The summed E-state index contributed by atoms with van der Waals surface area (Å²) in [6, 6.07) is 4.77. The highest BCUT2D eigenvalue weighted by molar-refractivity contribution is 6.31. The minimum atomic E-state index is -0.339. The summed E-state index contributed by atoms with van der Waals surface area (Å²) >= 11 is 5.82. The third-order valence-electron chi connectivity index (χ3n) is 3.21. The van der Waals surface area contributed by atoms with Crippen LogP contribution < -0.4 is 5.73 Å². The highest BCUT2D eigenvalue weighted by Crippen LogP contribution is 2.22. The van der Waals surface area contributed by atoms with E-state index in [0.29, 0.717) is 29.4 Å². The van der Waals surface area contributed by atoms with E-state index in [4.69, 9.17) is 27.2 Å². The topological polar surface area (TPSA) is 75.8 Å². The van der Waals surface area contributed by atoms with Gasteiger partial charge in [-0.1, -0.05) is 11.6 Å². The van der Waals surface area contributed by atoms with Gasteiger partial charge in [0.25, 0.3) is 5.91 Å². The van der Waals surface area contributed by atoms with Crippen molar-refractivity contribution in [2.45, 2.75) is 19.1 Å². The highest BCUT2D eigenvalue weighted by atomic mass is 35.5. The molecule has 0 bridgehead atoms. The molecule has 6 heteroatoms. The van der Waals surface area contributed by atoms with Crippen LogP contribution in [0, 0.1) is 0 Å². The van der Waals surface area contributed by atoms with E-state index in [-0.39, 0.29) is 24.7 Å². The van der Waals surface area contributed by atoms with Crippen LogP contribution in [0.2, 0.25) is 5.02 Å². The number of hydrogen-bond donors (Lipinski definition) is 2. The molecule has 1 aliphatic rings. The molecule has 0 saturated carbocycles. The van der Waals surface area contributed by atoms with Gasteiger partial charge in [0.2, 0.25) is 0 Å². The third kappa shape index (κ3) is 3.00. The van der Waals surface area contributed by atoms with E-state index >= 15 is 0 Å². The van der Waals surface area contributed by atoms with E-state index < -0.39 is 0 Å². The molecule has 3 N–H and O–H groups in total. The number of aliphatic hydroxyl groups excluding tert-OH is 1. The smallest absolute Gasteiger partial charge is 0.256 e. The molecule has 5 nitrogen and oxygen atoms in total. The number of nitrogen functional groups attached to an aromatic ring is 1. The molecule has 19 heavy (non-hydrogen) atoms. The number of nitrogens with two attached hydrogens (primary N) is 1. The van der Waals surface area contributed by atoms with Crippen LogP contribution in [0.25, 0.3) is 0 Å². The first-order valence-electron chi connectivity index (χ1n) is 6.11. The molecule has 0 aromatic heterocycles. The van der Waals surface area contributed by atoms with E-state index in [0.717, 1.165) is 0 Å². The Labute approximate surface area is 116 Å². The summed E-state index contributed by atoms with van der Waals surface area (Å²) in [5.41, 5.74) is 6.61. The van der Waals surface area contributed by atoms with Crippen molar-refractivity contribution in [3.05, 3.63) is 28.8 Å². The predicted octanol–water partition coefficient (Wildman–Crippen LogP) is 1.14. The first kappa shape index (κ1) is 14.1. The Morgan fingerprint density at radius 1 is 1.63 bits per heavy atom. The number of ether oxygens (including phenoxy) is 1. The highest BCUT2D eigenvalue weighted by Gasteiger charge is 2.30. The monoisotopic (exact) mass is 284 g/mol. The fourth-order valence-corrected chi connectivity index (χ4v) is 2.27. The first-order chi connectivity index (χ1) is 9.02. The second kappa shape index (κ2) is 5.77. The molecule has 2 unspecified atom stereocenters. The van der Waals surface area contributed by atoms with E-state index in [1.54, 1.807) is 23.1 Å². The number of rotatable bonds is 2. The molecule has 1 aromatic carbocycles. The van der Waals surface area contributed by atoms with Gasteiger partial charge in [-0.05, 0) is 25.1 Å². The molecule has 0 spiro atoms. The zero-order valence-electron chi connectivity index (χ0n) is 10.7. The molecule has 0 aliphatic carbocycles. The maximum Gasteiger partial charge on any atom is 0.256 e. The van der Waals surface area contributed by atoms with Gasteiger partial charge in [0, 0.05) is 17.3 Å². The number of carbonyl (C=O) groups is 1. The minimum absolute atomic E-state index is 0.0506. The number of morpholine rings is 1. The zero-order chi connectivity index (χ0) is 14.0. The largest absolute Gasteiger partial charge is 0.398 e. The lowest BCUT2D eigenvalue weighted by molar-refractivity contribution is -0.0667. The predicted molar refractivity (Wildman–Crippen MR) is 73.2 cm³/mol. The maximum absolute atomic E-state index is 12.5. The molecule has 2 rings (SSSR count). The van der Waals surface area contributed by atoms with Gasteiger partial charge < -0.3 is 20.5 Å². The van der Waals surface area contributed by atoms with Crippen molar-refractivity contribution in [2.75, 3.05) is 25.5 Å². The number of anilines is 1. The average molecular weight is 285 g/mol. The molecule has 1 fully saturated rings. The van der Waals surface area contributed by atoms with Gasteiger partial charge in [0.15, 0.2) is 0 Å². The summed E-state index contributed by atoms with van der Waals surface area (Å²) in [6.07, 6.45) is -0.339. The molecule has 1 saturated heterocycles. The second-order valence-electron chi connectivity index (χ2n) is 4.68. The Balaban J connectivity index is 2.22. The van der Waals surface area contributed by atoms with Crippen LogP contribution in [0.15, 0.2) is 18.2 Å².